The molecule has 0 aromatic rings. The maximum Gasteiger partial charge on any atom is 0.307 e. The Kier molecular flexibility index (Phi) is 1.32. The maximum atomic E-state index is 10.2. The van der Waals surface area contributed by atoms with Crippen LogP contribution in [0.2, 0.25) is 0 Å². The number of carbonyl (C=O) groups is 1. The number of rotatable bonds is 0. The first kappa shape index (κ1) is 5.09. The van der Waals surface area contributed by atoms with Crippen LogP contribution in [-0.2, 0) is 9.53 Å². The van der Waals surface area contributed by atoms with Gasteiger partial charge in [0.05, 0.1) is 6.42 Å². The molecule has 1 heterocycles. The monoisotopic (exact) mass is 163 g/mol. The highest BCUT2D eigenvalue weighted by molar-refractivity contribution is 9.09. The van der Waals surface area contributed by atoms with Crippen LogP contribution in [-0.4, -0.2) is 11.0 Å². The van der Waals surface area contributed by atoms with Gasteiger partial charge >= 0.3 is 5.97 Å². The lowest BCUT2D eigenvalue weighted by atomic mass is 10.4. The number of carbonyl (C=O) groups excluding carboxylic acids is 1. The van der Waals surface area contributed by atoms with E-state index in [0.29, 0.717) is 6.42 Å². The zero-order valence-electron chi connectivity index (χ0n) is 3.56. The van der Waals surface area contributed by atoms with Crippen molar-refractivity contribution in [3.8, 4) is 0 Å². The Morgan fingerprint density at radius 3 is 2.86 bits per heavy atom. The van der Waals surface area contributed by atoms with Crippen molar-refractivity contribution >= 4 is 21.9 Å². The van der Waals surface area contributed by atoms with E-state index in [1.54, 1.807) is 6.42 Å². The summed E-state index contributed by atoms with van der Waals surface area (Å²) in [6, 6.07) is 0. The molecule has 0 N–H and O–H groups in total. The van der Waals surface area contributed by atoms with Crippen molar-refractivity contribution in [2.75, 3.05) is 0 Å². The van der Waals surface area contributed by atoms with Crippen LogP contribution in [0.25, 0.3) is 0 Å². The minimum atomic E-state index is -0.151. The zero-order valence-corrected chi connectivity index (χ0v) is 5.14. The van der Waals surface area contributed by atoms with E-state index in [1.165, 1.54) is 0 Å². The molecular formula is C4H4BrO2. The van der Waals surface area contributed by atoms with Gasteiger partial charge < -0.3 is 4.74 Å². The standard InChI is InChI=1S/C4H4BrO2/c5-3-1-2-4(6)7-3/h1,3H,2H2. The second kappa shape index (κ2) is 1.82. The highest BCUT2D eigenvalue weighted by Crippen LogP contribution is 2.16. The molecule has 0 amide bonds. The number of hydrogen-bond acceptors (Lipinski definition) is 2. The second-order valence-corrected chi connectivity index (χ2v) is 2.18. The highest BCUT2D eigenvalue weighted by Gasteiger charge is 2.19. The smallest absolute Gasteiger partial charge is 0.307 e. The molecule has 1 fully saturated rings. The Labute approximate surface area is 50.0 Å². The topological polar surface area (TPSA) is 26.3 Å². The van der Waals surface area contributed by atoms with Gasteiger partial charge in [0, 0.05) is 6.42 Å². The molecule has 1 aliphatic heterocycles. The zero-order chi connectivity index (χ0) is 5.28. The van der Waals surface area contributed by atoms with E-state index in [4.69, 9.17) is 0 Å². The van der Waals surface area contributed by atoms with Crippen molar-refractivity contribution in [1.82, 2.24) is 0 Å². The third-order valence-electron chi connectivity index (χ3n) is 0.714. The van der Waals surface area contributed by atoms with Crippen molar-refractivity contribution in [3.05, 3.63) is 6.42 Å². The molecule has 1 rings (SSSR count). The molecule has 0 bridgehead atoms. The number of alkyl halides is 1. The van der Waals surface area contributed by atoms with Crippen molar-refractivity contribution in [3.63, 3.8) is 0 Å². The second-order valence-electron chi connectivity index (χ2n) is 1.28. The van der Waals surface area contributed by atoms with Gasteiger partial charge in [-0.15, -0.1) is 0 Å². The first-order chi connectivity index (χ1) is 3.29. The molecule has 3 heteroatoms. The first-order valence-electron chi connectivity index (χ1n) is 1.96. The Bertz CT molecular complexity index is 91.7. The molecule has 1 aliphatic rings. The number of ether oxygens (including phenoxy) is 1. The largest absolute Gasteiger partial charge is 0.450 e. The summed E-state index contributed by atoms with van der Waals surface area (Å²) < 4.78 is 4.58. The molecule has 0 aromatic carbocycles. The maximum absolute atomic E-state index is 10.2. The molecule has 0 spiro atoms. The van der Waals surface area contributed by atoms with E-state index >= 15 is 0 Å². The van der Waals surface area contributed by atoms with E-state index in [-0.39, 0.29) is 11.0 Å². The average molecular weight is 164 g/mol. The van der Waals surface area contributed by atoms with Gasteiger partial charge in [-0.2, -0.15) is 0 Å². The van der Waals surface area contributed by atoms with E-state index in [9.17, 15) is 4.79 Å². The molecule has 0 saturated carbocycles. The molecule has 2 nitrogen and oxygen atoms in total. The number of cyclic esters (lactones) is 1. The summed E-state index contributed by atoms with van der Waals surface area (Å²) in [6.45, 7) is 0. The van der Waals surface area contributed by atoms with E-state index in [0.717, 1.165) is 0 Å². The van der Waals surface area contributed by atoms with Gasteiger partial charge in [0.2, 0.25) is 0 Å². The van der Waals surface area contributed by atoms with Crippen LogP contribution in [0.5, 0.6) is 0 Å². The van der Waals surface area contributed by atoms with Crippen molar-refractivity contribution in [1.29, 1.82) is 0 Å². The molecule has 1 atom stereocenters. The molecule has 1 radical (unpaired) electrons. The number of halogens is 1. The van der Waals surface area contributed by atoms with E-state index in [1.807, 2.05) is 0 Å². The molecule has 39 valence electrons. The van der Waals surface area contributed by atoms with Crippen LogP contribution in [0.15, 0.2) is 0 Å². The first-order valence-corrected chi connectivity index (χ1v) is 2.87. The van der Waals surface area contributed by atoms with Gasteiger partial charge in [-0.25, -0.2) is 0 Å². The molecular weight excluding hydrogens is 160 g/mol. The van der Waals surface area contributed by atoms with Crippen LogP contribution in [0.1, 0.15) is 6.42 Å². The van der Waals surface area contributed by atoms with Gasteiger partial charge in [-0.1, -0.05) is 0 Å². The SMILES string of the molecule is O=C1C[CH]C(Br)O1. The minimum Gasteiger partial charge on any atom is -0.450 e. The quantitative estimate of drug-likeness (QED) is 0.392. The summed E-state index contributed by atoms with van der Waals surface area (Å²) in [5, 5.41) is -0.139. The Hall–Kier alpha value is -0.0500. The fourth-order valence-corrected chi connectivity index (χ4v) is 0.806. The van der Waals surface area contributed by atoms with Crippen LogP contribution >= 0.6 is 15.9 Å². The van der Waals surface area contributed by atoms with E-state index in [2.05, 4.69) is 20.7 Å². The van der Waals surface area contributed by atoms with Gasteiger partial charge in [-0.3, -0.25) is 4.79 Å². The normalized spacial score (nSPS) is 30.4. The van der Waals surface area contributed by atoms with Crippen molar-refractivity contribution in [2.24, 2.45) is 0 Å². The van der Waals surface area contributed by atoms with Crippen molar-refractivity contribution < 1.29 is 9.53 Å². The van der Waals surface area contributed by atoms with Gasteiger partial charge in [0.25, 0.3) is 0 Å². The fraction of sp³-hybridized carbons (Fsp3) is 0.500. The summed E-state index contributed by atoms with van der Waals surface area (Å²) in [4.78, 5) is 10.2. The lowest BCUT2D eigenvalue weighted by Gasteiger charge is -1.93. The molecule has 7 heavy (non-hydrogen) atoms. The predicted molar refractivity (Wildman–Crippen MR) is 27.7 cm³/mol. The van der Waals surface area contributed by atoms with Crippen molar-refractivity contribution in [2.45, 2.75) is 11.4 Å². The highest BCUT2D eigenvalue weighted by atomic mass is 79.9. The van der Waals surface area contributed by atoms with Crippen LogP contribution in [0.3, 0.4) is 0 Å². The van der Waals surface area contributed by atoms with Gasteiger partial charge in [0.15, 0.2) is 5.01 Å². The molecule has 1 unspecified atom stereocenters. The fourth-order valence-electron chi connectivity index (χ4n) is 0.411. The lowest BCUT2D eigenvalue weighted by molar-refractivity contribution is -0.138. The Balaban J connectivity index is 2.40. The average Bonchev–Trinajstić information content (AvgIpc) is 1.87. The number of esters is 1. The molecule has 0 aromatic heterocycles. The molecule has 1 saturated heterocycles. The predicted octanol–water partition coefficient (Wildman–Crippen LogP) is 0.859. The van der Waals surface area contributed by atoms with Crippen LogP contribution < -0.4 is 0 Å². The number of hydrogen-bond donors (Lipinski definition) is 0. The third-order valence-corrected chi connectivity index (χ3v) is 1.27. The van der Waals surface area contributed by atoms with Gasteiger partial charge in [0.1, 0.15) is 0 Å². The van der Waals surface area contributed by atoms with Gasteiger partial charge in [-0.05, 0) is 15.9 Å². The molecule has 0 aliphatic carbocycles. The summed E-state index contributed by atoms with van der Waals surface area (Å²) in [7, 11) is 0. The van der Waals surface area contributed by atoms with E-state index < -0.39 is 0 Å². The van der Waals surface area contributed by atoms with Crippen LogP contribution in [0.4, 0.5) is 0 Å². The summed E-state index contributed by atoms with van der Waals surface area (Å²) in [6.07, 6.45) is 2.21. The lowest BCUT2D eigenvalue weighted by Crippen LogP contribution is -1.95. The summed E-state index contributed by atoms with van der Waals surface area (Å²) in [5.74, 6) is -0.151. The third kappa shape index (κ3) is 1.16. The van der Waals surface area contributed by atoms with Crippen LogP contribution in [0, 0.1) is 6.42 Å². The summed E-state index contributed by atoms with van der Waals surface area (Å²) in [5.41, 5.74) is 0. The Morgan fingerprint density at radius 1 is 2.00 bits per heavy atom. The summed E-state index contributed by atoms with van der Waals surface area (Å²) >= 11 is 3.08. The Morgan fingerprint density at radius 2 is 2.71 bits per heavy atom. The minimum absolute atomic E-state index is 0.139.